The molecule has 3 heterocycles. The van der Waals surface area contributed by atoms with Crippen molar-refractivity contribution in [3.8, 4) is 11.5 Å². The van der Waals surface area contributed by atoms with Crippen LogP contribution in [0.2, 0.25) is 0 Å². The highest BCUT2D eigenvalue weighted by atomic mass is 16.6. The number of benzene rings is 2. The van der Waals surface area contributed by atoms with Gasteiger partial charge in [0, 0.05) is 10.9 Å². The Morgan fingerprint density at radius 3 is 2.63 bits per heavy atom. The number of amides is 1. The number of nitrogens with zero attached hydrogens (tertiary/aromatic N) is 1. The number of hydrogen-bond acceptors (Lipinski definition) is 6. The Bertz CT molecular complexity index is 1310. The van der Waals surface area contributed by atoms with Crippen LogP contribution in [0.3, 0.4) is 0 Å². The highest BCUT2D eigenvalue weighted by Gasteiger charge is 2.26. The van der Waals surface area contributed by atoms with E-state index in [2.05, 4.69) is 15.0 Å². The van der Waals surface area contributed by atoms with E-state index in [1.54, 1.807) is 12.1 Å². The summed E-state index contributed by atoms with van der Waals surface area (Å²) in [6, 6.07) is 17.2. The zero-order valence-electron chi connectivity index (χ0n) is 16.0. The fourth-order valence-electron chi connectivity index (χ4n) is 3.34. The van der Waals surface area contributed by atoms with E-state index < -0.39 is 12.1 Å². The van der Waals surface area contributed by atoms with Gasteiger partial charge in [0.05, 0.1) is 12.1 Å². The van der Waals surface area contributed by atoms with Gasteiger partial charge in [-0.25, -0.2) is 14.6 Å². The molecule has 0 bridgehead atoms. The van der Waals surface area contributed by atoms with Crippen molar-refractivity contribution in [2.75, 3.05) is 0 Å². The molecule has 0 unspecified atom stereocenters. The molecule has 0 atom stereocenters. The summed E-state index contributed by atoms with van der Waals surface area (Å²) in [5.41, 5.74) is 3.30. The summed E-state index contributed by atoms with van der Waals surface area (Å²) in [6.45, 7) is 1.89. The number of esters is 1. The maximum atomic E-state index is 11.6. The molecule has 4 aromatic rings. The number of rotatable bonds is 4. The number of nitrogens with one attached hydrogen (secondary N) is 1. The lowest BCUT2D eigenvalue weighted by Crippen LogP contribution is -2.11. The minimum Gasteiger partial charge on any atom is -0.461 e. The number of carbonyl (C=O) groups excluding carboxylic acids is 2. The lowest BCUT2D eigenvalue weighted by atomic mass is 10.1. The van der Waals surface area contributed by atoms with Crippen LogP contribution in [-0.2, 0) is 16.0 Å². The minimum absolute atomic E-state index is 0.106. The summed E-state index contributed by atoms with van der Waals surface area (Å²) in [5, 5.41) is 3.24. The first-order valence-electron chi connectivity index (χ1n) is 9.34. The predicted octanol–water partition coefficient (Wildman–Crippen LogP) is 4.59. The quantitative estimate of drug-likeness (QED) is 0.306. The Morgan fingerprint density at radius 1 is 1.03 bits per heavy atom. The first-order chi connectivity index (χ1) is 14.5. The van der Waals surface area contributed by atoms with Gasteiger partial charge in [0.1, 0.15) is 22.8 Å². The minimum atomic E-state index is -0.768. The van der Waals surface area contributed by atoms with E-state index in [0.717, 1.165) is 39.3 Å². The monoisotopic (exact) mass is 400 g/mol. The molecule has 2 aromatic heterocycles. The average molecular weight is 400 g/mol. The standard InChI is InChI=1S/C23H16N2O5/c1-13-18(24-21(28-13)15-5-3-2-4-6-15)12-17-11-16-9-14(7-8-20(16)29-17)10-19-22(26)30-23(27)25-19/h2-11H,12H2,1H3,(H,25,27). The largest absolute Gasteiger partial charge is 0.461 e. The number of fused-ring (bicyclic) bond motifs is 1. The van der Waals surface area contributed by atoms with Crippen molar-refractivity contribution in [3.05, 3.63) is 83.1 Å². The van der Waals surface area contributed by atoms with Gasteiger partial charge in [-0.15, -0.1) is 0 Å². The van der Waals surface area contributed by atoms with Crippen LogP contribution in [0.15, 0.2) is 69.1 Å². The number of aromatic nitrogens is 1. The van der Waals surface area contributed by atoms with Crippen LogP contribution >= 0.6 is 0 Å². The summed E-state index contributed by atoms with van der Waals surface area (Å²) in [7, 11) is 0. The Balaban J connectivity index is 1.41. The van der Waals surface area contributed by atoms with E-state index in [4.69, 9.17) is 8.83 Å². The van der Waals surface area contributed by atoms with E-state index in [1.165, 1.54) is 0 Å². The first kappa shape index (κ1) is 17.9. The van der Waals surface area contributed by atoms with Gasteiger partial charge in [-0.1, -0.05) is 24.3 Å². The van der Waals surface area contributed by atoms with E-state index >= 15 is 0 Å². The van der Waals surface area contributed by atoms with Gasteiger partial charge in [-0.3, -0.25) is 5.32 Å². The van der Waals surface area contributed by atoms with Crippen molar-refractivity contribution in [3.63, 3.8) is 0 Å². The molecule has 1 aliphatic heterocycles. The molecule has 0 saturated carbocycles. The fourth-order valence-corrected chi connectivity index (χ4v) is 3.34. The van der Waals surface area contributed by atoms with Gasteiger partial charge >= 0.3 is 12.1 Å². The normalized spacial score (nSPS) is 15.0. The molecule has 0 radical (unpaired) electrons. The molecule has 30 heavy (non-hydrogen) atoms. The Morgan fingerprint density at radius 2 is 1.87 bits per heavy atom. The molecule has 2 aromatic carbocycles. The van der Waals surface area contributed by atoms with Crippen LogP contribution in [0.25, 0.3) is 28.5 Å². The van der Waals surface area contributed by atoms with Crippen molar-refractivity contribution < 1.29 is 23.2 Å². The van der Waals surface area contributed by atoms with Gasteiger partial charge in [-0.05, 0) is 48.9 Å². The van der Waals surface area contributed by atoms with Crippen LogP contribution in [0.1, 0.15) is 22.8 Å². The lowest BCUT2D eigenvalue weighted by Gasteiger charge is -1.95. The van der Waals surface area contributed by atoms with Gasteiger partial charge in [0.15, 0.2) is 0 Å². The zero-order valence-corrected chi connectivity index (χ0v) is 16.0. The molecule has 7 heteroatoms. The van der Waals surface area contributed by atoms with Crippen molar-refractivity contribution in [2.24, 2.45) is 0 Å². The van der Waals surface area contributed by atoms with Crippen molar-refractivity contribution in [1.29, 1.82) is 0 Å². The molecule has 0 aliphatic carbocycles. The SMILES string of the molecule is Cc1oc(-c2ccccc2)nc1Cc1cc2cc(C=C3NC(=O)OC3=O)ccc2o1. The lowest BCUT2D eigenvalue weighted by molar-refractivity contribution is -0.130. The summed E-state index contributed by atoms with van der Waals surface area (Å²) >= 11 is 0. The van der Waals surface area contributed by atoms with Crippen LogP contribution < -0.4 is 5.32 Å². The van der Waals surface area contributed by atoms with Crippen molar-refractivity contribution in [1.82, 2.24) is 10.3 Å². The smallest absolute Gasteiger partial charge is 0.419 e. The summed E-state index contributed by atoms with van der Waals surface area (Å²) in [5.74, 6) is 1.39. The molecule has 1 N–H and O–H groups in total. The number of hydrogen-bond donors (Lipinski definition) is 1. The molecular formula is C23H16N2O5. The second-order valence-electron chi connectivity index (χ2n) is 6.93. The molecule has 5 rings (SSSR count). The van der Waals surface area contributed by atoms with Crippen LogP contribution in [0.4, 0.5) is 4.79 Å². The Hall–Kier alpha value is -4.13. The molecule has 7 nitrogen and oxygen atoms in total. The van der Waals surface area contributed by atoms with Crippen LogP contribution in [0, 0.1) is 6.92 Å². The van der Waals surface area contributed by atoms with Gasteiger partial charge in [-0.2, -0.15) is 0 Å². The van der Waals surface area contributed by atoms with Crippen molar-refractivity contribution >= 4 is 29.1 Å². The molecular weight excluding hydrogens is 384 g/mol. The number of alkyl carbamates (subject to hydrolysis) is 1. The maximum Gasteiger partial charge on any atom is 0.419 e. The van der Waals surface area contributed by atoms with E-state index in [1.807, 2.05) is 55.5 Å². The third-order valence-electron chi connectivity index (χ3n) is 4.80. The van der Waals surface area contributed by atoms with Crippen LogP contribution in [-0.4, -0.2) is 17.0 Å². The number of aryl methyl sites for hydroxylation is 1. The van der Waals surface area contributed by atoms with Gasteiger partial charge < -0.3 is 13.6 Å². The van der Waals surface area contributed by atoms with Gasteiger partial charge in [0.25, 0.3) is 0 Å². The summed E-state index contributed by atoms with van der Waals surface area (Å²) < 4.78 is 16.2. The summed E-state index contributed by atoms with van der Waals surface area (Å²) in [4.78, 5) is 27.3. The number of carbonyl (C=O) groups is 2. The fraction of sp³-hybridized carbons (Fsp3) is 0.0870. The second kappa shape index (κ2) is 7.04. The van der Waals surface area contributed by atoms with E-state index in [9.17, 15) is 9.59 Å². The third-order valence-corrected chi connectivity index (χ3v) is 4.80. The number of cyclic esters (lactones) is 2. The molecule has 1 aliphatic rings. The predicted molar refractivity (Wildman–Crippen MR) is 108 cm³/mol. The highest BCUT2D eigenvalue weighted by Crippen LogP contribution is 2.27. The van der Waals surface area contributed by atoms with E-state index in [0.29, 0.717) is 12.3 Å². The van der Waals surface area contributed by atoms with Gasteiger partial charge in [0.2, 0.25) is 5.89 Å². The Kier molecular flexibility index (Phi) is 4.21. The number of oxazole rings is 1. The van der Waals surface area contributed by atoms with Crippen molar-refractivity contribution in [2.45, 2.75) is 13.3 Å². The molecule has 1 saturated heterocycles. The number of ether oxygens (including phenoxy) is 1. The second-order valence-corrected chi connectivity index (χ2v) is 6.93. The Labute approximate surface area is 171 Å². The zero-order chi connectivity index (χ0) is 20.7. The molecule has 1 amide bonds. The van der Waals surface area contributed by atoms with E-state index in [-0.39, 0.29) is 5.70 Å². The third kappa shape index (κ3) is 3.37. The molecule has 1 fully saturated rings. The van der Waals surface area contributed by atoms with Crippen LogP contribution in [0.5, 0.6) is 0 Å². The topological polar surface area (TPSA) is 94.6 Å². The summed E-state index contributed by atoms with van der Waals surface area (Å²) in [6.07, 6.45) is 1.29. The number of furan rings is 1. The maximum absolute atomic E-state index is 11.6. The first-order valence-corrected chi connectivity index (χ1v) is 9.34. The molecule has 148 valence electrons. The molecule has 0 spiro atoms. The highest BCUT2D eigenvalue weighted by molar-refractivity contribution is 6.07. The average Bonchev–Trinajstić information content (AvgIpc) is 3.39.